The number of ether oxygens (including phenoxy) is 1. The first-order valence-electron chi connectivity index (χ1n) is 7.91. The Morgan fingerprint density at radius 2 is 1.84 bits per heavy atom. The fourth-order valence-electron chi connectivity index (χ4n) is 2.84. The molecule has 0 saturated heterocycles. The summed E-state index contributed by atoms with van der Waals surface area (Å²) in [6.07, 6.45) is 1.36. The highest BCUT2D eigenvalue weighted by atomic mass is 16.5. The van der Waals surface area contributed by atoms with Gasteiger partial charge in [0.1, 0.15) is 17.8 Å². The number of nitrogen functional groups attached to an aromatic ring is 1. The molecular weight excluding hydrogens is 314 g/mol. The summed E-state index contributed by atoms with van der Waals surface area (Å²) in [5.41, 5.74) is 10.3. The van der Waals surface area contributed by atoms with Crippen molar-refractivity contribution in [1.82, 2.24) is 0 Å². The third-order valence-electron chi connectivity index (χ3n) is 4.13. The summed E-state index contributed by atoms with van der Waals surface area (Å²) in [7, 11) is 1.57. The van der Waals surface area contributed by atoms with Crippen LogP contribution >= 0.6 is 0 Å². The summed E-state index contributed by atoms with van der Waals surface area (Å²) < 4.78 is 5.42. The number of rotatable bonds is 5. The van der Waals surface area contributed by atoms with Gasteiger partial charge < -0.3 is 15.6 Å². The lowest BCUT2D eigenvalue weighted by Crippen LogP contribution is -1.95. The van der Waals surface area contributed by atoms with Crippen molar-refractivity contribution in [2.45, 2.75) is 6.42 Å². The topological polar surface area (TPSA) is 72.5 Å². The first-order chi connectivity index (χ1) is 12.1. The van der Waals surface area contributed by atoms with Crippen LogP contribution in [0.4, 0.5) is 5.69 Å². The molecule has 4 nitrogen and oxygen atoms in total. The molecule has 3 aromatic rings. The van der Waals surface area contributed by atoms with Gasteiger partial charge in [-0.25, -0.2) is 0 Å². The summed E-state index contributed by atoms with van der Waals surface area (Å²) in [6, 6.07) is 18.3. The molecule has 3 N–H and O–H groups in total. The number of hydrogen-bond acceptors (Lipinski definition) is 4. The van der Waals surface area contributed by atoms with Crippen molar-refractivity contribution in [3.8, 4) is 22.6 Å². The predicted octanol–water partition coefficient (Wildman–Crippen LogP) is 4.05. The zero-order valence-corrected chi connectivity index (χ0v) is 13.9. The van der Waals surface area contributed by atoms with Crippen LogP contribution in [-0.2, 0) is 6.42 Å². The van der Waals surface area contributed by atoms with Gasteiger partial charge >= 0.3 is 0 Å². The molecule has 0 aliphatic heterocycles. The summed E-state index contributed by atoms with van der Waals surface area (Å²) in [5, 5.41) is 10.8. The molecule has 0 aliphatic rings. The molecule has 0 spiro atoms. The highest BCUT2D eigenvalue weighted by molar-refractivity contribution is 5.80. The normalized spacial score (nSPS) is 10.4. The molecule has 4 heteroatoms. The molecule has 3 aromatic carbocycles. The molecule has 0 atom stereocenters. The number of carbonyl (C=O) groups is 1. The van der Waals surface area contributed by atoms with Crippen LogP contribution in [-0.4, -0.2) is 18.5 Å². The zero-order chi connectivity index (χ0) is 17.8. The maximum Gasteiger partial charge on any atom is 0.150 e. The monoisotopic (exact) mass is 333 g/mol. The average Bonchev–Trinajstić information content (AvgIpc) is 2.63. The summed E-state index contributed by atoms with van der Waals surface area (Å²) in [6.45, 7) is 0. The van der Waals surface area contributed by atoms with Gasteiger partial charge in [-0.15, -0.1) is 0 Å². The Morgan fingerprint density at radius 3 is 2.48 bits per heavy atom. The third kappa shape index (κ3) is 3.48. The Bertz CT molecular complexity index is 902. The number of hydrogen-bond donors (Lipinski definition) is 2. The standard InChI is InChI=1S/C21H19NO3/c1-25-19-10-9-17(11-14-5-7-15(13-23)8-6-14)21(24)20(19)16-3-2-4-18(22)12-16/h2-10,12-13,24H,11,22H2,1H3. The molecule has 0 amide bonds. The van der Waals surface area contributed by atoms with Gasteiger partial charge in [0, 0.05) is 17.7 Å². The van der Waals surface area contributed by atoms with Crippen molar-refractivity contribution >= 4 is 12.0 Å². The fourth-order valence-corrected chi connectivity index (χ4v) is 2.84. The molecular formula is C21H19NO3. The Hall–Kier alpha value is -3.27. The average molecular weight is 333 g/mol. The minimum absolute atomic E-state index is 0.171. The fraction of sp³-hybridized carbons (Fsp3) is 0.0952. The van der Waals surface area contributed by atoms with Crippen molar-refractivity contribution in [2.75, 3.05) is 12.8 Å². The van der Waals surface area contributed by atoms with Crippen molar-refractivity contribution in [3.05, 3.63) is 77.4 Å². The number of carbonyl (C=O) groups excluding carboxylic acids is 1. The van der Waals surface area contributed by atoms with Gasteiger partial charge in [0.2, 0.25) is 0 Å². The molecule has 0 aromatic heterocycles. The molecule has 0 radical (unpaired) electrons. The maximum absolute atomic E-state index is 10.8. The van der Waals surface area contributed by atoms with E-state index in [4.69, 9.17) is 10.5 Å². The Kier molecular flexibility index (Phi) is 4.70. The number of aromatic hydroxyl groups is 1. The SMILES string of the molecule is COc1ccc(Cc2ccc(C=O)cc2)c(O)c1-c1cccc(N)c1. The second-order valence-corrected chi connectivity index (χ2v) is 5.81. The van der Waals surface area contributed by atoms with E-state index in [9.17, 15) is 9.90 Å². The molecule has 0 saturated carbocycles. The predicted molar refractivity (Wildman–Crippen MR) is 99.1 cm³/mol. The lowest BCUT2D eigenvalue weighted by Gasteiger charge is -2.15. The number of benzene rings is 3. The Labute approximate surface area is 146 Å². The van der Waals surface area contributed by atoms with Crippen molar-refractivity contribution in [3.63, 3.8) is 0 Å². The lowest BCUT2D eigenvalue weighted by atomic mass is 9.96. The van der Waals surface area contributed by atoms with Crippen LogP contribution < -0.4 is 10.5 Å². The van der Waals surface area contributed by atoms with Crippen LogP contribution in [0.2, 0.25) is 0 Å². The quantitative estimate of drug-likeness (QED) is 0.546. The molecule has 0 fully saturated rings. The smallest absolute Gasteiger partial charge is 0.150 e. The molecule has 0 heterocycles. The number of phenols is 1. The van der Waals surface area contributed by atoms with E-state index < -0.39 is 0 Å². The van der Waals surface area contributed by atoms with Crippen LogP contribution in [0.1, 0.15) is 21.5 Å². The van der Waals surface area contributed by atoms with Gasteiger partial charge in [0.05, 0.1) is 12.7 Å². The van der Waals surface area contributed by atoms with Crippen molar-refractivity contribution in [2.24, 2.45) is 0 Å². The number of aldehydes is 1. The molecule has 126 valence electrons. The van der Waals surface area contributed by atoms with Crippen LogP contribution in [0.5, 0.6) is 11.5 Å². The highest BCUT2D eigenvalue weighted by Gasteiger charge is 2.16. The Balaban J connectivity index is 2.03. The lowest BCUT2D eigenvalue weighted by molar-refractivity contribution is 0.112. The van der Waals surface area contributed by atoms with Gasteiger partial charge in [-0.1, -0.05) is 42.5 Å². The maximum atomic E-state index is 10.8. The van der Waals surface area contributed by atoms with Gasteiger partial charge in [-0.05, 0) is 34.9 Å². The highest BCUT2D eigenvalue weighted by Crippen LogP contribution is 2.41. The second-order valence-electron chi connectivity index (χ2n) is 5.81. The van der Waals surface area contributed by atoms with Crippen LogP contribution in [0.25, 0.3) is 11.1 Å². The summed E-state index contributed by atoms with van der Waals surface area (Å²) >= 11 is 0. The first-order valence-corrected chi connectivity index (χ1v) is 7.91. The van der Waals surface area contributed by atoms with E-state index in [-0.39, 0.29) is 5.75 Å². The van der Waals surface area contributed by atoms with E-state index >= 15 is 0 Å². The van der Waals surface area contributed by atoms with Crippen LogP contribution in [0.15, 0.2) is 60.7 Å². The largest absolute Gasteiger partial charge is 0.507 e. The molecule has 0 aliphatic carbocycles. The minimum atomic E-state index is 0.171. The van der Waals surface area contributed by atoms with Gasteiger partial charge in [0.25, 0.3) is 0 Å². The molecule has 25 heavy (non-hydrogen) atoms. The number of phenolic OH excluding ortho intramolecular Hbond substituents is 1. The number of methoxy groups -OCH3 is 1. The number of nitrogens with two attached hydrogens (primary N) is 1. The van der Waals surface area contributed by atoms with Crippen LogP contribution in [0, 0.1) is 0 Å². The van der Waals surface area contributed by atoms with Gasteiger partial charge in [-0.2, -0.15) is 0 Å². The van der Waals surface area contributed by atoms with Gasteiger partial charge in [0.15, 0.2) is 0 Å². The van der Waals surface area contributed by atoms with E-state index in [0.29, 0.717) is 29.0 Å². The van der Waals surface area contributed by atoms with E-state index in [1.807, 2.05) is 36.4 Å². The Morgan fingerprint density at radius 1 is 1.08 bits per heavy atom. The summed E-state index contributed by atoms with van der Waals surface area (Å²) in [5.74, 6) is 0.757. The van der Waals surface area contributed by atoms with E-state index in [0.717, 1.165) is 23.0 Å². The van der Waals surface area contributed by atoms with E-state index in [1.54, 1.807) is 31.4 Å². The minimum Gasteiger partial charge on any atom is -0.507 e. The van der Waals surface area contributed by atoms with Crippen molar-refractivity contribution < 1.29 is 14.6 Å². The first kappa shape index (κ1) is 16.6. The zero-order valence-electron chi connectivity index (χ0n) is 13.9. The summed E-state index contributed by atoms with van der Waals surface area (Å²) in [4.78, 5) is 10.8. The molecule has 3 rings (SSSR count). The third-order valence-corrected chi connectivity index (χ3v) is 4.13. The second kappa shape index (κ2) is 7.09. The molecule has 0 unspecified atom stereocenters. The van der Waals surface area contributed by atoms with E-state index in [2.05, 4.69) is 0 Å². The van der Waals surface area contributed by atoms with Crippen molar-refractivity contribution in [1.29, 1.82) is 0 Å². The van der Waals surface area contributed by atoms with Crippen LogP contribution in [0.3, 0.4) is 0 Å². The number of anilines is 1. The molecule has 0 bridgehead atoms. The van der Waals surface area contributed by atoms with Gasteiger partial charge in [-0.3, -0.25) is 4.79 Å². The van der Waals surface area contributed by atoms with E-state index in [1.165, 1.54) is 0 Å².